The Balaban J connectivity index is 2.10. The zero-order valence-electron chi connectivity index (χ0n) is 11.0. The molecule has 96 valence electrons. The second kappa shape index (κ2) is 5.03. The molecule has 18 heavy (non-hydrogen) atoms. The van der Waals surface area contributed by atoms with E-state index in [9.17, 15) is 0 Å². The van der Waals surface area contributed by atoms with Crippen molar-refractivity contribution in [2.75, 3.05) is 17.7 Å². The Morgan fingerprint density at radius 3 is 2.61 bits per heavy atom. The van der Waals surface area contributed by atoms with Crippen molar-refractivity contribution in [1.82, 2.24) is 15.0 Å². The summed E-state index contributed by atoms with van der Waals surface area (Å²) >= 11 is 0. The van der Waals surface area contributed by atoms with Crippen molar-refractivity contribution in [1.29, 1.82) is 0 Å². The molecule has 6 nitrogen and oxygen atoms in total. The van der Waals surface area contributed by atoms with Gasteiger partial charge in [-0.15, -0.1) is 0 Å². The van der Waals surface area contributed by atoms with Crippen LogP contribution in [0.2, 0.25) is 0 Å². The van der Waals surface area contributed by atoms with Gasteiger partial charge in [0.1, 0.15) is 11.6 Å². The third-order valence-electron chi connectivity index (χ3n) is 2.68. The third-order valence-corrected chi connectivity index (χ3v) is 2.68. The Labute approximate surface area is 106 Å². The summed E-state index contributed by atoms with van der Waals surface area (Å²) in [5.41, 5.74) is 1.90. The first-order valence-electron chi connectivity index (χ1n) is 5.78. The Hall–Kier alpha value is -2.11. The maximum Gasteiger partial charge on any atom is 0.224 e. The predicted octanol–water partition coefficient (Wildman–Crippen LogP) is 2.04. The quantitative estimate of drug-likeness (QED) is 0.861. The highest BCUT2D eigenvalue weighted by Gasteiger charge is 2.07. The third kappa shape index (κ3) is 2.58. The van der Waals surface area contributed by atoms with Crippen LogP contribution in [0.25, 0.3) is 0 Å². The van der Waals surface area contributed by atoms with Crippen LogP contribution in [0.1, 0.15) is 22.9 Å². The van der Waals surface area contributed by atoms with Crippen LogP contribution in [0, 0.1) is 20.8 Å². The van der Waals surface area contributed by atoms with E-state index in [-0.39, 0.29) is 0 Å². The summed E-state index contributed by atoms with van der Waals surface area (Å²) < 4.78 is 5.50. The van der Waals surface area contributed by atoms with Crippen LogP contribution in [0.5, 0.6) is 0 Å². The van der Waals surface area contributed by atoms with Crippen molar-refractivity contribution in [3.63, 3.8) is 0 Å². The van der Waals surface area contributed by atoms with E-state index in [1.54, 1.807) is 13.2 Å². The molecule has 0 unspecified atom stereocenters. The molecule has 0 atom stereocenters. The van der Waals surface area contributed by atoms with Crippen LogP contribution in [0.3, 0.4) is 0 Å². The second-order valence-corrected chi connectivity index (χ2v) is 4.08. The summed E-state index contributed by atoms with van der Waals surface area (Å²) in [6.45, 7) is 6.29. The van der Waals surface area contributed by atoms with Crippen molar-refractivity contribution in [3.8, 4) is 0 Å². The van der Waals surface area contributed by atoms with E-state index in [0.29, 0.717) is 18.4 Å². The highest BCUT2D eigenvalue weighted by Crippen LogP contribution is 2.14. The number of rotatable bonds is 4. The maximum absolute atomic E-state index is 5.50. The van der Waals surface area contributed by atoms with Gasteiger partial charge in [-0.05, 0) is 20.8 Å². The van der Waals surface area contributed by atoms with Crippen LogP contribution in [-0.2, 0) is 6.54 Å². The number of hydrogen-bond acceptors (Lipinski definition) is 6. The molecule has 2 aromatic heterocycles. The van der Waals surface area contributed by atoms with Crippen LogP contribution < -0.4 is 10.6 Å². The molecule has 6 heteroatoms. The van der Waals surface area contributed by atoms with E-state index >= 15 is 0 Å². The van der Waals surface area contributed by atoms with Gasteiger partial charge in [0.15, 0.2) is 0 Å². The lowest BCUT2D eigenvalue weighted by molar-refractivity contribution is 0.478. The van der Waals surface area contributed by atoms with Crippen molar-refractivity contribution in [2.24, 2.45) is 0 Å². The number of aromatic nitrogens is 3. The highest BCUT2D eigenvalue weighted by molar-refractivity contribution is 5.46. The fourth-order valence-electron chi connectivity index (χ4n) is 1.52. The molecule has 2 aromatic rings. The lowest BCUT2D eigenvalue weighted by Crippen LogP contribution is -2.06. The van der Waals surface area contributed by atoms with Crippen LogP contribution >= 0.6 is 0 Å². The van der Waals surface area contributed by atoms with Gasteiger partial charge in [-0.2, -0.15) is 4.98 Å². The highest BCUT2D eigenvalue weighted by atomic mass is 16.4. The van der Waals surface area contributed by atoms with Crippen molar-refractivity contribution < 1.29 is 4.42 Å². The Kier molecular flexibility index (Phi) is 3.45. The van der Waals surface area contributed by atoms with Crippen LogP contribution in [0.4, 0.5) is 11.8 Å². The summed E-state index contributed by atoms with van der Waals surface area (Å²) in [5, 5.41) is 6.10. The zero-order valence-corrected chi connectivity index (χ0v) is 11.0. The fraction of sp³-hybridized carbons (Fsp3) is 0.417. The minimum atomic E-state index is 0.510. The van der Waals surface area contributed by atoms with Gasteiger partial charge in [-0.25, -0.2) is 9.97 Å². The van der Waals surface area contributed by atoms with E-state index in [1.165, 1.54) is 0 Å². The Bertz CT molecular complexity index is 530. The largest absolute Gasteiger partial charge is 0.444 e. The van der Waals surface area contributed by atoms with Gasteiger partial charge in [0.2, 0.25) is 11.8 Å². The molecular formula is C12H17N5O. The van der Waals surface area contributed by atoms with Crippen LogP contribution in [0.15, 0.2) is 10.6 Å². The summed E-state index contributed by atoms with van der Waals surface area (Å²) in [6, 6.07) is 0. The number of nitrogens with one attached hydrogen (secondary N) is 2. The molecular weight excluding hydrogens is 230 g/mol. The van der Waals surface area contributed by atoms with Gasteiger partial charge in [0.25, 0.3) is 0 Å². The Morgan fingerprint density at radius 1 is 1.22 bits per heavy atom. The van der Waals surface area contributed by atoms with Crippen LogP contribution in [-0.4, -0.2) is 22.0 Å². The maximum atomic E-state index is 5.50. The summed E-state index contributed by atoms with van der Waals surface area (Å²) in [7, 11) is 1.79. The fourth-order valence-corrected chi connectivity index (χ4v) is 1.52. The summed E-state index contributed by atoms with van der Waals surface area (Å²) in [5.74, 6) is 2.88. The van der Waals surface area contributed by atoms with Crippen molar-refractivity contribution >= 4 is 11.8 Å². The molecule has 0 aromatic carbocycles. The average Bonchev–Trinajstić information content (AvgIpc) is 2.68. The zero-order chi connectivity index (χ0) is 13.1. The predicted molar refractivity (Wildman–Crippen MR) is 69.6 cm³/mol. The molecule has 0 saturated carbocycles. The first kappa shape index (κ1) is 12.3. The first-order chi connectivity index (χ1) is 8.60. The Morgan fingerprint density at radius 2 is 2.00 bits per heavy atom. The molecule has 0 aliphatic rings. The second-order valence-electron chi connectivity index (χ2n) is 4.08. The van der Waals surface area contributed by atoms with Gasteiger partial charge >= 0.3 is 0 Å². The van der Waals surface area contributed by atoms with Crippen molar-refractivity contribution in [2.45, 2.75) is 27.3 Å². The van der Waals surface area contributed by atoms with Gasteiger partial charge in [-0.3, -0.25) is 0 Å². The smallest absolute Gasteiger partial charge is 0.224 e. The normalized spacial score (nSPS) is 10.4. The molecule has 0 fully saturated rings. The minimum Gasteiger partial charge on any atom is -0.444 e. The van der Waals surface area contributed by atoms with E-state index in [1.807, 2.05) is 20.8 Å². The summed E-state index contributed by atoms with van der Waals surface area (Å²) in [6.07, 6.45) is 1.77. The molecule has 2 N–H and O–H groups in total. The molecule has 2 rings (SSSR count). The molecule has 0 radical (unpaired) electrons. The number of oxazole rings is 1. The van der Waals surface area contributed by atoms with Crippen molar-refractivity contribution in [3.05, 3.63) is 29.1 Å². The molecule has 0 bridgehead atoms. The van der Waals surface area contributed by atoms with E-state index < -0.39 is 0 Å². The molecule has 0 amide bonds. The first-order valence-corrected chi connectivity index (χ1v) is 5.78. The average molecular weight is 247 g/mol. The number of hydrogen-bond donors (Lipinski definition) is 2. The number of aryl methyl sites for hydroxylation is 3. The monoisotopic (exact) mass is 247 g/mol. The number of nitrogens with zero attached hydrogens (tertiary/aromatic N) is 3. The molecule has 0 aliphatic carbocycles. The minimum absolute atomic E-state index is 0.510. The van der Waals surface area contributed by atoms with Gasteiger partial charge < -0.3 is 15.1 Å². The standard InChI is InChI=1S/C12H17N5O/c1-7-5-15-12(13-4)17-11(7)14-6-10-16-8(2)9(3)18-10/h5H,6H2,1-4H3,(H2,13,14,15,17). The SMILES string of the molecule is CNc1ncc(C)c(NCc2nc(C)c(C)o2)n1. The molecule has 0 saturated heterocycles. The lowest BCUT2D eigenvalue weighted by Gasteiger charge is -2.07. The van der Waals surface area contributed by atoms with E-state index in [4.69, 9.17) is 4.42 Å². The molecule has 2 heterocycles. The topological polar surface area (TPSA) is 75.9 Å². The molecule has 0 aliphatic heterocycles. The summed E-state index contributed by atoms with van der Waals surface area (Å²) in [4.78, 5) is 12.8. The van der Waals surface area contributed by atoms with E-state index in [2.05, 4.69) is 25.6 Å². The van der Waals surface area contributed by atoms with E-state index in [0.717, 1.165) is 22.8 Å². The van der Waals surface area contributed by atoms with Gasteiger partial charge in [0, 0.05) is 18.8 Å². The molecule has 0 spiro atoms. The van der Waals surface area contributed by atoms with Gasteiger partial charge in [-0.1, -0.05) is 0 Å². The van der Waals surface area contributed by atoms with Gasteiger partial charge in [0.05, 0.1) is 12.2 Å². The number of anilines is 2. The lowest BCUT2D eigenvalue weighted by atomic mass is 10.3.